The van der Waals surface area contributed by atoms with E-state index in [0.29, 0.717) is 17.8 Å². The van der Waals surface area contributed by atoms with Gasteiger partial charge in [-0.2, -0.15) is 9.97 Å². The molecule has 0 amide bonds. The van der Waals surface area contributed by atoms with Gasteiger partial charge < -0.3 is 20.2 Å². The van der Waals surface area contributed by atoms with Gasteiger partial charge in [0.25, 0.3) is 0 Å². The van der Waals surface area contributed by atoms with Gasteiger partial charge in [0.1, 0.15) is 5.52 Å². The number of aromatic nitrogens is 4. The van der Waals surface area contributed by atoms with Gasteiger partial charge in [0.2, 0.25) is 0 Å². The summed E-state index contributed by atoms with van der Waals surface area (Å²) >= 11 is 0. The molecule has 2 aromatic heterocycles. The van der Waals surface area contributed by atoms with Gasteiger partial charge >= 0.3 is 17.7 Å². The molecule has 0 saturated carbocycles. The number of benzene rings is 1. The second-order valence-corrected chi connectivity index (χ2v) is 6.38. The Balaban J connectivity index is 1.92. The zero-order valence-electron chi connectivity index (χ0n) is 15.9. The van der Waals surface area contributed by atoms with Crippen LogP contribution in [-0.4, -0.2) is 39.2 Å². The van der Waals surface area contributed by atoms with Crippen LogP contribution in [0.3, 0.4) is 0 Å². The molecule has 9 heteroatoms. The minimum absolute atomic E-state index is 0.144. The lowest BCUT2D eigenvalue weighted by Gasteiger charge is -2.08. The number of nitrogens with zero attached hydrogens (tertiary/aromatic N) is 3. The molecule has 0 radical (unpaired) electrons. The maximum absolute atomic E-state index is 12.4. The van der Waals surface area contributed by atoms with E-state index in [2.05, 4.69) is 21.9 Å². The predicted octanol–water partition coefficient (Wildman–Crippen LogP) is 1.64. The molecule has 0 bridgehead atoms. The number of anilines is 1. The van der Waals surface area contributed by atoms with Gasteiger partial charge in [0, 0.05) is 0 Å². The molecule has 3 rings (SSSR count). The third kappa shape index (κ3) is 4.30. The third-order valence-corrected chi connectivity index (χ3v) is 4.27. The van der Waals surface area contributed by atoms with Crippen molar-refractivity contribution < 1.29 is 14.3 Å². The summed E-state index contributed by atoms with van der Waals surface area (Å²) in [6.07, 6.45) is 2.01. The lowest BCUT2D eigenvalue weighted by molar-refractivity contribution is -0.139. The standard InChI is InChI=1S/C19H23N5O4/c1-3-4-8-28-18-22-16(20)15-17(23-18)24(19(26)21-15)11-13-7-5-6-12(9-13)10-14(25)27-2/h5-7,9H,3-4,8,10-11H2,1-2H3,(H,21,26)(H2,20,22,23). The Morgan fingerprint density at radius 2 is 2.07 bits per heavy atom. The molecule has 1 aromatic carbocycles. The summed E-state index contributed by atoms with van der Waals surface area (Å²) in [6, 6.07) is 7.53. The first kappa shape index (κ1) is 19.4. The van der Waals surface area contributed by atoms with E-state index in [1.165, 1.54) is 11.7 Å². The number of rotatable bonds is 8. The molecule has 28 heavy (non-hydrogen) atoms. The van der Waals surface area contributed by atoms with Gasteiger partial charge in [-0.15, -0.1) is 0 Å². The Morgan fingerprint density at radius 3 is 2.82 bits per heavy atom. The Labute approximate surface area is 161 Å². The van der Waals surface area contributed by atoms with E-state index < -0.39 is 0 Å². The van der Waals surface area contributed by atoms with Crippen LogP contribution in [0.5, 0.6) is 6.01 Å². The molecular formula is C19H23N5O4. The Bertz CT molecular complexity index is 1040. The van der Waals surface area contributed by atoms with Crippen LogP contribution < -0.4 is 16.2 Å². The molecule has 0 unspecified atom stereocenters. The molecule has 0 fully saturated rings. The van der Waals surface area contributed by atoms with Crippen LogP contribution in [-0.2, 0) is 22.5 Å². The second-order valence-electron chi connectivity index (χ2n) is 6.38. The van der Waals surface area contributed by atoms with Crippen molar-refractivity contribution in [1.29, 1.82) is 0 Å². The molecule has 2 heterocycles. The summed E-state index contributed by atoms with van der Waals surface area (Å²) in [5.74, 6) is -0.164. The molecular weight excluding hydrogens is 362 g/mol. The number of esters is 1. The van der Waals surface area contributed by atoms with Crippen molar-refractivity contribution in [2.24, 2.45) is 0 Å². The summed E-state index contributed by atoms with van der Waals surface area (Å²) in [7, 11) is 1.35. The zero-order chi connectivity index (χ0) is 20.1. The minimum atomic E-state index is -0.347. The lowest BCUT2D eigenvalue weighted by Crippen LogP contribution is -2.18. The fraction of sp³-hybridized carbons (Fsp3) is 0.368. The van der Waals surface area contributed by atoms with Crippen LogP contribution in [0.4, 0.5) is 5.82 Å². The maximum atomic E-state index is 12.4. The van der Waals surface area contributed by atoms with E-state index in [1.807, 2.05) is 24.3 Å². The van der Waals surface area contributed by atoms with Gasteiger partial charge in [0.05, 0.1) is 26.7 Å². The average Bonchev–Trinajstić information content (AvgIpc) is 2.98. The molecule has 0 aliphatic rings. The highest BCUT2D eigenvalue weighted by molar-refractivity contribution is 5.82. The average molecular weight is 385 g/mol. The summed E-state index contributed by atoms with van der Waals surface area (Å²) in [5.41, 5.74) is 8.01. The molecule has 9 nitrogen and oxygen atoms in total. The molecule has 0 spiro atoms. The first-order valence-corrected chi connectivity index (χ1v) is 9.05. The Hall–Kier alpha value is -3.36. The molecule has 0 aliphatic carbocycles. The zero-order valence-corrected chi connectivity index (χ0v) is 15.9. The summed E-state index contributed by atoms with van der Waals surface area (Å²) in [4.78, 5) is 35.1. The van der Waals surface area contributed by atoms with Gasteiger partial charge in [-0.05, 0) is 17.5 Å². The van der Waals surface area contributed by atoms with Gasteiger partial charge in [-0.25, -0.2) is 4.79 Å². The molecule has 3 N–H and O–H groups in total. The highest BCUT2D eigenvalue weighted by Crippen LogP contribution is 2.19. The number of unbranched alkanes of at least 4 members (excludes halogenated alkanes) is 1. The number of carbonyl (C=O) groups is 1. The van der Waals surface area contributed by atoms with Crippen LogP contribution in [0.1, 0.15) is 30.9 Å². The number of imidazole rings is 1. The fourth-order valence-electron chi connectivity index (χ4n) is 2.81. The maximum Gasteiger partial charge on any atom is 0.328 e. The van der Waals surface area contributed by atoms with E-state index in [-0.39, 0.29) is 36.5 Å². The molecule has 148 valence electrons. The van der Waals surface area contributed by atoms with Crippen molar-refractivity contribution in [3.63, 3.8) is 0 Å². The van der Waals surface area contributed by atoms with Gasteiger partial charge in [-0.3, -0.25) is 9.36 Å². The SMILES string of the molecule is CCCCOc1nc(N)c2[nH]c(=O)n(Cc3cccc(CC(=O)OC)c3)c2n1. The summed E-state index contributed by atoms with van der Waals surface area (Å²) in [5, 5.41) is 0. The van der Waals surface area contributed by atoms with Crippen molar-refractivity contribution in [2.75, 3.05) is 19.5 Å². The van der Waals surface area contributed by atoms with Gasteiger partial charge in [-0.1, -0.05) is 37.6 Å². The third-order valence-electron chi connectivity index (χ3n) is 4.27. The smallest absolute Gasteiger partial charge is 0.328 e. The molecule has 0 aliphatic heterocycles. The number of carbonyl (C=O) groups excluding carboxylic acids is 1. The number of nitrogens with one attached hydrogen (secondary N) is 1. The van der Waals surface area contributed by atoms with Crippen molar-refractivity contribution in [2.45, 2.75) is 32.7 Å². The number of hydrogen-bond acceptors (Lipinski definition) is 7. The fourth-order valence-corrected chi connectivity index (χ4v) is 2.81. The first-order chi connectivity index (χ1) is 13.5. The highest BCUT2D eigenvalue weighted by atomic mass is 16.5. The number of H-pyrrole nitrogens is 1. The predicted molar refractivity (Wildman–Crippen MR) is 104 cm³/mol. The Kier molecular flexibility index (Phi) is 5.93. The number of ether oxygens (including phenoxy) is 2. The number of methoxy groups -OCH3 is 1. The van der Waals surface area contributed by atoms with Crippen LogP contribution in [0.15, 0.2) is 29.1 Å². The van der Waals surface area contributed by atoms with E-state index in [0.717, 1.165) is 24.0 Å². The van der Waals surface area contributed by atoms with Crippen molar-refractivity contribution >= 4 is 23.0 Å². The molecule has 0 saturated heterocycles. The monoisotopic (exact) mass is 385 g/mol. The van der Waals surface area contributed by atoms with E-state index in [4.69, 9.17) is 15.2 Å². The van der Waals surface area contributed by atoms with E-state index in [1.54, 1.807) is 0 Å². The largest absolute Gasteiger partial charge is 0.469 e. The minimum Gasteiger partial charge on any atom is -0.469 e. The van der Waals surface area contributed by atoms with E-state index >= 15 is 0 Å². The number of hydrogen-bond donors (Lipinski definition) is 2. The normalized spacial score (nSPS) is 10.9. The van der Waals surface area contributed by atoms with Crippen molar-refractivity contribution in [1.82, 2.24) is 19.5 Å². The first-order valence-electron chi connectivity index (χ1n) is 9.05. The number of nitrogen functional groups attached to an aromatic ring is 1. The van der Waals surface area contributed by atoms with Gasteiger partial charge in [0.15, 0.2) is 11.5 Å². The second kappa shape index (κ2) is 8.55. The van der Waals surface area contributed by atoms with E-state index in [9.17, 15) is 9.59 Å². The van der Waals surface area contributed by atoms with Crippen LogP contribution >= 0.6 is 0 Å². The quantitative estimate of drug-likeness (QED) is 0.446. The molecule has 3 aromatic rings. The summed E-state index contributed by atoms with van der Waals surface area (Å²) in [6.45, 7) is 2.80. The lowest BCUT2D eigenvalue weighted by atomic mass is 10.1. The topological polar surface area (TPSA) is 125 Å². The number of aromatic amines is 1. The highest BCUT2D eigenvalue weighted by Gasteiger charge is 2.15. The number of nitrogens with two attached hydrogens (primary N) is 1. The number of fused-ring (bicyclic) bond motifs is 1. The van der Waals surface area contributed by atoms with Crippen molar-refractivity contribution in [3.8, 4) is 6.01 Å². The molecule has 0 atom stereocenters. The van der Waals surface area contributed by atoms with Crippen LogP contribution in [0.25, 0.3) is 11.2 Å². The van der Waals surface area contributed by atoms with Crippen LogP contribution in [0, 0.1) is 0 Å². The van der Waals surface area contributed by atoms with Crippen LogP contribution in [0.2, 0.25) is 0 Å². The Morgan fingerprint density at radius 1 is 1.29 bits per heavy atom. The summed E-state index contributed by atoms with van der Waals surface area (Å²) < 4.78 is 11.7. The van der Waals surface area contributed by atoms with Crippen molar-refractivity contribution in [3.05, 3.63) is 45.9 Å².